The normalized spacial score (nSPS) is 25.1. The largest absolute Gasteiger partial charge is 0.393 e. The van der Waals surface area contributed by atoms with Crippen LogP contribution in [0.15, 0.2) is 6.20 Å². The van der Waals surface area contributed by atoms with Crippen molar-refractivity contribution in [1.29, 1.82) is 0 Å². The first-order valence-corrected chi connectivity index (χ1v) is 8.09. The summed E-state index contributed by atoms with van der Waals surface area (Å²) in [7, 11) is 0. The van der Waals surface area contributed by atoms with Gasteiger partial charge in [0.1, 0.15) is 5.82 Å². The highest BCUT2D eigenvalue weighted by Gasteiger charge is 2.24. The van der Waals surface area contributed by atoms with E-state index in [2.05, 4.69) is 28.3 Å². The Kier molecular flexibility index (Phi) is 4.13. The van der Waals surface area contributed by atoms with E-state index in [1.807, 2.05) is 6.20 Å². The third-order valence-electron chi connectivity index (χ3n) is 5.00. The van der Waals surface area contributed by atoms with Gasteiger partial charge in [0.25, 0.3) is 0 Å². The van der Waals surface area contributed by atoms with Gasteiger partial charge in [-0.1, -0.05) is 0 Å². The molecule has 0 spiro atoms. The smallest absolute Gasteiger partial charge is 0.109 e. The van der Waals surface area contributed by atoms with E-state index in [4.69, 9.17) is 0 Å². The lowest BCUT2D eigenvalue weighted by Gasteiger charge is -2.34. The maximum absolute atomic E-state index is 9.72. The zero-order valence-corrected chi connectivity index (χ0v) is 12.8. The molecule has 0 amide bonds. The van der Waals surface area contributed by atoms with Crippen molar-refractivity contribution in [2.24, 2.45) is 5.92 Å². The molecule has 4 nitrogen and oxygen atoms in total. The van der Waals surface area contributed by atoms with E-state index < -0.39 is 0 Å². The third-order valence-corrected chi connectivity index (χ3v) is 5.00. The number of piperidine rings is 1. The molecule has 2 aliphatic rings. The summed E-state index contributed by atoms with van der Waals surface area (Å²) in [4.78, 5) is 7.20. The molecular weight excluding hydrogens is 250 g/mol. The summed E-state index contributed by atoms with van der Waals surface area (Å²) < 4.78 is 2.35. The fourth-order valence-corrected chi connectivity index (χ4v) is 3.61. The Morgan fingerprint density at radius 3 is 2.70 bits per heavy atom. The van der Waals surface area contributed by atoms with Gasteiger partial charge in [-0.25, -0.2) is 4.98 Å². The molecule has 1 aromatic rings. The fourth-order valence-electron chi connectivity index (χ4n) is 3.61. The molecule has 0 aliphatic carbocycles. The van der Waals surface area contributed by atoms with E-state index in [1.54, 1.807) is 0 Å². The summed E-state index contributed by atoms with van der Waals surface area (Å²) in [6.07, 6.45) is 7.16. The molecule has 0 saturated carbocycles. The second kappa shape index (κ2) is 5.86. The highest BCUT2D eigenvalue weighted by atomic mass is 16.3. The van der Waals surface area contributed by atoms with Gasteiger partial charge < -0.3 is 14.6 Å². The summed E-state index contributed by atoms with van der Waals surface area (Å²) in [5, 5.41) is 9.72. The van der Waals surface area contributed by atoms with Crippen LogP contribution < -0.4 is 0 Å². The van der Waals surface area contributed by atoms with Gasteiger partial charge in [-0.2, -0.15) is 0 Å². The maximum atomic E-state index is 9.72. The Balaban J connectivity index is 1.60. The number of hydrogen-bond donors (Lipinski definition) is 1. The van der Waals surface area contributed by atoms with Crippen LogP contribution in [0.2, 0.25) is 0 Å². The standard InChI is InChI=1S/C16H27N3O/c1-12(2)18-6-3-13(4-7-18)9-16-17-11-14-10-15(20)5-8-19(14)16/h11-13,15,20H,3-10H2,1-2H3. The number of aliphatic hydroxyl groups is 1. The van der Waals surface area contributed by atoms with Gasteiger partial charge in [-0.3, -0.25) is 0 Å². The van der Waals surface area contributed by atoms with E-state index >= 15 is 0 Å². The van der Waals surface area contributed by atoms with E-state index in [0.29, 0.717) is 6.04 Å². The minimum atomic E-state index is -0.165. The molecule has 112 valence electrons. The monoisotopic (exact) mass is 277 g/mol. The van der Waals surface area contributed by atoms with Gasteiger partial charge in [-0.15, -0.1) is 0 Å². The second-order valence-corrected chi connectivity index (χ2v) is 6.74. The highest BCUT2D eigenvalue weighted by molar-refractivity contribution is 5.10. The van der Waals surface area contributed by atoms with E-state index in [0.717, 1.165) is 31.7 Å². The molecular formula is C16H27N3O. The summed E-state index contributed by atoms with van der Waals surface area (Å²) in [5.74, 6) is 2.03. The minimum Gasteiger partial charge on any atom is -0.393 e. The number of rotatable bonds is 3. The van der Waals surface area contributed by atoms with Crippen LogP contribution in [0.25, 0.3) is 0 Å². The number of imidazole rings is 1. The topological polar surface area (TPSA) is 41.3 Å². The molecule has 1 aromatic heterocycles. The third kappa shape index (κ3) is 2.91. The fraction of sp³-hybridized carbons (Fsp3) is 0.812. The number of fused-ring (bicyclic) bond motifs is 1. The first kappa shape index (κ1) is 14.1. The lowest BCUT2D eigenvalue weighted by molar-refractivity contribution is 0.139. The van der Waals surface area contributed by atoms with Crippen molar-refractivity contribution in [1.82, 2.24) is 14.5 Å². The van der Waals surface area contributed by atoms with Crippen molar-refractivity contribution in [2.75, 3.05) is 13.1 Å². The zero-order chi connectivity index (χ0) is 14.1. The summed E-state index contributed by atoms with van der Waals surface area (Å²) >= 11 is 0. The summed E-state index contributed by atoms with van der Waals surface area (Å²) in [5.41, 5.74) is 1.22. The average Bonchev–Trinajstić information content (AvgIpc) is 2.81. The molecule has 0 bridgehead atoms. The Hall–Kier alpha value is -0.870. The van der Waals surface area contributed by atoms with Gasteiger partial charge in [0.05, 0.1) is 6.10 Å². The van der Waals surface area contributed by atoms with Crippen LogP contribution >= 0.6 is 0 Å². The first-order valence-electron chi connectivity index (χ1n) is 8.09. The Bertz CT molecular complexity index is 447. The van der Waals surface area contributed by atoms with Crippen molar-refractivity contribution in [3.63, 3.8) is 0 Å². The van der Waals surface area contributed by atoms with Gasteiger partial charge >= 0.3 is 0 Å². The molecule has 1 unspecified atom stereocenters. The lowest BCUT2D eigenvalue weighted by atomic mass is 9.92. The highest BCUT2D eigenvalue weighted by Crippen LogP contribution is 2.24. The van der Waals surface area contributed by atoms with Gasteiger partial charge in [0.2, 0.25) is 0 Å². The maximum Gasteiger partial charge on any atom is 0.109 e. The second-order valence-electron chi connectivity index (χ2n) is 6.74. The molecule has 1 atom stereocenters. The molecule has 1 fully saturated rings. The quantitative estimate of drug-likeness (QED) is 0.917. The van der Waals surface area contributed by atoms with Crippen molar-refractivity contribution < 1.29 is 5.11 Å². The minimum absolute atomic E-state index is 0.165. The van der Waals surface area contributed by atoms with Gasteiger partial charge in [0, 0.05) is 37.3 Å². The molecule has 1 N–H and O–H groups in total. The van der Waals surface area contributed by atoms with Crippen LogP contribution in [0.5, 0.6) is 0 Å². The summed E-state index contributed by atoms with van der Waals surface area (Å²) in [6, 6.07) is 0.677. The summed E-state index contributed by atoms with van der Waals surface area (Å²) in [6.45, 7) is 7.98. The van der Waals surface area contributed by atoms with Crippen LogP contribution in [-0.2, 0) is 19.4 Å². The zero-order valence-electron chi connectivity index (χ0n) is 12.8. The Morgan fingerprint density at radius 1 is 1.25 bits per heavy atom. The van der Waals surface area contributed by atoms with Crippen LogP contribution in [0.4, 0.5) is 0 Å². The van der Waals surface area contributed by atoms with Crippen LogP contribution in [0, 0.1) is 5.92 Å². The number of aliphatic hydroxyl groups excluding tert-OH is 1. The Morgan fingerprint density at radius 2 is 2.00 bits per heavy atom. The van der Waals surface area contributed by atoms with Gasteiger partial charge in [-0.05, 0) is 52.1 Å². The molecule has 20 heavy (non-hydrogen) atoms. The molecule has 4 heteroatoms. The predicted molar refractivity (Wildman–Crippen MR) is 79.7 cm³/mol. The van der Waals surface area contributed by atoms with Crippen molar-refractivity contribution >= 4 is 0 Å². The van der Waals surface area contributed by atoms with Crippen LogP contribution in [0.1, 0.15) is 44.6 Å². The lowest BCUT2D eigenvalue weighted by Crippen LogP contribution is -2.39. The number of aromatic nitrogens is 2. The molecule has 3 rings (SSSR count). The van der Waals surface area contributed by atoms with Crippen LogP contribution in [0.3, 0.4) is 0 Å². The molecule has 0 radical (unpaired) electrons. The van der Waals surface area contributed by atoms with Crippen molar-refractivity contribution in [3.8, 4) is 0 Å². The molecule has 1 saturated heterocycles. The van der Waals surface area contributed by atoms with Crippen molar-refractivity contribution in [2.45, 2.75) is 64.6 Å². The molecule has 3 heterocycles. The average molecular weight is 277 g/mol. The Labute approximate surface area is 121 Å². The number of hydrogen-bond acceptors (Lipinski definition) is 3. The van der Waals surface area contributed by atoms with E-state index in [9.17, 15) is 5.11 Å². The number of likely N-dealkylation sites (tertiary alicyclic amines) is 1. The van der Waals surface area contributed by atoms with Gasteiger partial charge in [0.15, 0.2) is 0 Å². The SMILES string of the molecule is CC(C)N1CCC(Cc2ncc3n2CCC(O)C3)CC1. The van der Waals surface area contributed by atoms with Crippen LogP contribution in [-0.4, -0.2) is 44.8 Å². The predicted octanol–water partition coefficient (Wildman–Crippen LogP) is 1.85. The first-order chi connectivity index (χ1) is 9.63. The number of nitrogens with zero attached hydrogens (tertiary/aromatic N) is 3. The molecule has 2 aliphatic heterocycles. The van der Waals surface area contributed by atoms with Crippen molar-refractivity contribution in [3.05, 3.63) is 17.7 Å². The van der Waals surface area contributed by atoms with E-state index in [1.165, 1.54) is 37.4 Å². The molecule has 0 aromatic carbocycles. The van der Waals surface area contributed by atoms with E-state index in [-0.39, 0.29) is 6.10 Å².